The van der Waals surface area contributed by atoms with Crippen LogP contribution in [0.5, 0.6) is 5.75 Å². The van der Waals surface area contributed by atoms with Crippen molar-refractivity contribution >= 4 is 5.96 Å². The predicted molar refractivity (Wildman–Crippen MR) is 113 cm³/mol. The molecule has 0 bridgehead atoms. The van der Waals surface area contributed by atoms with Crippen molar-refractivity contribution in [2.24, 2.45) is 4.99 Å². The second-order valence-electron chi connectivity index (χ2n) is 6.82. The second-order valence-corrected chi connectivity index (χ2v) is 6.82. The van der Waals surface area contributed by atoms with Crippen LogP contribution in [0.1, 0.15) is 30.8 Å². The summed E-state index contributed by atoms with van der Waals surface area (Å²) in [5, 5.41) is 11.1. The van der Waals surface area contributed by atoms with Crippen molar-refractivity contribution in [2.75, 3.05) is 26.8 Å². The van der Waals surface area contributed by atoms with E-state index in [-0.39, 0.29) is 11.9 Å². The van der Waals surface area contributed by atoms with Crippen molar-refractivity contribution in [1.29, 1.82) is 0 Å². The molecule has 0 radical (unpaired) electrons. The van der Waals surface area contributed by atoms with E-state index in [0.717, 1.165) is 30.0 Å². The first-order valence-electron chi connectivity index (χ1n) is 9.90. The van der Waals surface area contributed by atoms with Gasteiger partial charge in [-0.05, 0) is 52.0 Å². The molecule has 0 aliphatic rings. The molecule has 0 aliphatic heterocycles. The Morgan fingerprint density at radius 3 is 2.62 bits per heavy atom. The smallest absolute Gasteiger partial charge is 0.191 e. The van der Waals surface area contributed by atoms with Gasteiger partial charge in [0.25, 0.3) is 0 Å². The number of benzene rings is 1. The number of rotatable bonds is 10. The van der Waals surface area contributed by atoms with Gasteiger partial charge in [0.2, 0.25) is 0 Å². The Morgan fingerprint density at radius 1 is 1.24 bits per heavy atom. The van der Waals surface area contributed by atoms with Crippen LogP contribution in [0.4, 0.5) is 4.39 Å². The van der Waals surface area contributed by atoms with Gasteiger partial charge in [-0.3, -0.25) is 4.68 Å². The molecule has 0 amide bonds. The number of aryl methyl sites for hydroxylation is 1. The lowest BCUT2D eigenvalue weighted by Gasteiger charge is -2.17. The molecule has 1 unspecified atom stereocenters. The molecular weight excluding hydrogens is 373 g/mol. The molecule has 2 N–H and O–H groups in total. The molecule has 1 aromatic carbocycles. The van der Waals surface area contributed by atoms with Gasteiger partial charge >= 0.3 is 0 Å². The van der Waals surface area contributed by atoms with Crippen molar-refractivity contribution in [2.45, 2.75) is 46.9 Å². The fourth-order valence-electron chi connectivity index (χ4n) is 2.89. The van der Waals surface area contributed by atoms with Gasteiger partial charge in [0.15, 0.2) is 5.96 Å². The first-order chi connectivity index (χ1) is 13.9. The fraction of sp³-hybridized carbons (Fsp3) is 0.524. The summed E-state index contributed by atoms with van der Waals surface area (Å²) in [6, 6.07) is 6.02. The summed E-state index contributed by atoms with van der Waals surface area (Å²) in [4.78, 5) is 4.69. The van der Waals surface area contributed by atoms with E-state index in [4.69, 9.17) is 14.5 Å². The van der Waals surface area contributed by atoms with Crippen LogP contribution in [0.3, 0.4) is 0 Å². The van der Waals surface area contributed by atoms with Gasteiger partial charge in [-0.25, -0.2) is 9.38 Å². The van der Waals surface area contributed by atoms with Gasteiger partial charge in [0.05, 0.1) is 31.9 Å². The van der Waals surface area contributed by atoms with Crippen LogP contribution >= 0.6 is 0 Å². The number of nitrogens with zero attached hydrogens (tertiary/aromatic N) is 3. The maximum absolute atomic E-state index is 13.0. The van der Waals surface area contributed by atoms with Crippen LogP contribution in [0, 0.1) is 19.7 Å². The van der Waals surface area contributed by atoms with E-state index in [1.165, 1.54) is 12.1 Å². The summed E-state index contributed by atoms with van der Waals surface area (Å²) < 4.78 is 25.9. The number of aromatic nitrogens is 2. The lowest BCUT2D eigenvalue weighted by molar-refractivity contribution is 0.182. The third kappa shape index (κ3) is 7.05. The zero-order valence-corrected chi connectivity index (χ0v) is 18.0. The number of hydrogen-bond donors (Lipinski definition) is 2. The normalized spacial score (nSPS) is 12.7. The molecule has 2 aromatic rings. The molecule has 7 nitrogen and oxygen atoms in total. The number of nitrogens with one attached hydrogen (secondary N) is 2. The van der Waals surface area contributed by atoms with E-state index < -0.39 is 0 Å². The molecule has 1 heterocycles. The maximum atomic E-state index is 13.0. The number of ether oxygens (including phenoxy) is 2. The molecular formula is C21H32FN5O2. The van der Waals surface area contributed by atoms with Crippen LogP contribution in [0.2, 0.25) is 0 Å². The fourth-order valence-corrected chi connectivity index (χ4v) is 2.89. The quantitative estimate of drug-likeness (QED) is 0.470. The molecule has 2 rings (SSSR count). The van der Waals surface area contributed by atoms with Crippen molar-refractivity contribution in [3.05, 3.63) is 47.0 Å². The average Bonchev–Trinajstić information content (AvgIpc) is 2.97. The van der Waals surface area contributed by atoms with Gasteiger partial charge in [0.1, 0.15) is 17.7 Å². The molecule has 0 aliphatic carbocycles. The molecule has 0 spiro atoms. The summed E-state index contributed by atoms with van der Waals surface area (Å²) >= 11 is 0. The Labute approximate surface area is 172 Å². The highest BCUT2D eigenvalue weighted by atomic mass is 19.1. The highest BCUT2D eigenvalue weighted by molar-refractivity contribution is 5.79. The van der Waals surface area contributed by atoms with Crippen molar-refractivity contribution in [1.82, 2.24) is 20.4 Å². The van der Waals surface area contributed by atoms with Crippen molar-refractivity contribution in [3.8, 4) is 5.75 Å². The van der Waals surface area contributed by atoms with Gasteiger partial charge in [-0.15, -0.1) is 0 Å². The topological polar surface area (TPSA) is 72.7 Å². The highest BCUT2D eigenvalue weighted by Crippen LogP contribution is 2.15. The lowest BCUT2D eigenvalue weighted by atomic mass is 10.2. The number of methoxy groups -OCH3 is 1. The van der Waals surface area contributed by atoms with E-state index in [1.54, 1.807) is 19.2 Å². The van der Waals surface area contributed by atoms with E-state index in [0.29, 0.717) is 31.4 Å². The highest BCUT2D eigenvalue weighted by Gasteiger charge is 2.12. The summed E-state index contributed by atoms with van der Waals surface area (Å²) in [5.74, 6) is 1.07. The van der Waals surface area contributed by atoms with Crippen molar-refractivity contribution < 1.29 is 13.9 Å². The Morgan fingerprint density at radius 2 is 1.97 bits per heavy atom. The molecule has 1 aromatic heterocycles. The Kier molecular flexibility index (Phi) is 8.92. The monoisotopic (exact) mass is 405 g/mol. The van der Waals surface area contributed by atoms with Gasteiger partial charge in [0, 0.05) is 24.9 Å². The Bertz CT molecular complexity index is 789. The van der Waals surface area contributed by atoms with Gasteiger partial charge < -0.3 is 20.1 Å². The zero-order valence-electron chi connectivity index (χ0n) is 18.0. The zero-order chi connectivity index (χ0) is 21.2. The molecule has 0 saturated carbocycles. The van der Waals surface area contributed by atoms with Crippen LogP contribution in [0.25, 0.3) is 0 Å². The molecule has 1 atom stereocenters. The maximum Gasteiger partial charge on any atom is 0.191 e. The van der Waals surface area contributed by atoms with Crippen LogP contribution in [-0.4, -0.2) is 48.7 Å². The third-order valence-electron chi connectivity index (χ3n) is 4.49. The van der Waals surface area contributed by atoms with E-state index in [1.807, 2.05) is 25.5 Å². The number of aliphatic imine (C=N–C) groups is 1. The average molecular weight is 406 g/mol. The third-order valence-corrected chi connectivity index (χ3v) is 4.49. The van der Waals surface area contributed by atoms with E-state index >= 15 is 0 Å². The summed E-state index contributed by atoms with van der Waals surface area (Å²) in [5.41, 5.74) is 3.20. The van der Waals surface area contributed by atoms with E-state index in [9.17, 15) is 4.39 Å². The molecule has 0 fully saturated rings. The van der Waals surface area contributed by atoms with Crippen LogP contribution < -0.4 is 15.4 Å². The standard InChI is InChI=1S/C21H32FN5O2/c1-6-23-21(24-13-15(2)29-19-9-7-18(22)8-10-19)25-14-20-16(3)26-27(17(20)4)11-12-28-5/h7-10,15H,6,11-14H2,1-5H3,(H2,23,24,25). The summed E-state index contributed by atoms with van der Waals surface area (Å²) in [6.07, 6.45) is -0.107. The van der Waals surface area contributed by atoms with Crippen molar-refractivity contribution in [3.63, 3.8) is 0 Å². The minimum Gasteiger partial charge on any atom is -0.489 e. The molecule has 160 valence electrons. The van der Waals surface area contributed by atoms with Crippen LogP contribution in [0.15, 0.2) is 29.3 Å². The first-order valence-corrected chi connectivity index (χ1v) is 9.90. The summed E-state index contributed by atoms with van der Waals surface area (Å²) in [6.45, 7) is 11.2. The second kappa shape index (κ2) is 11.4. The Balaban J connectivity index is 1.95. The van der Waals surface area contributed by atoms with Crippen LogP contribution in [-0.2, 0) is 17.8 Å². The minimum absolute atomic E-state index is 0.107. The molecule has 8 heteroatoms. The SMILES string of the molecule is CCNC(=NCc1c(C)nn(CCOC)c1C)NCC(C)Oc1ccc(F)cc1. The summed E-state index contributed by atoms with van der Waals surface area (Å²) in [7, 11) is 1.69. The number of guanidine groups is 1. The number of hydrogen-bond acceptors (Lipinski definition) is 4. The minimum atomic E-state index is -0.277. The van der Waals surface area contributed by atoms with E-state index in [2.05, 4.69) is 22.7 Å². The largest absolute Gasteiger partial charge is 0.489 e. The molecule has 0 saturated heterocycles. The molecule has 29 heavy (non-hydrogen) atoms. The first kappa shape index (κ1) is 22.7. The number of halogens is 1. The Hall–Kier alpha value is -2.61. The van der Waals surface area contributed by atoms with Gasteiger partial charge in [-0.1, -0.05) is 0 Å². The van der Waals surface area contributed by atoms with Gasteiger partial charge in [-0.2, -0.15) is 5.10 Å². The predicted octanol–water partition coefficient (Wildman–Crippen LogP) is 2.81. The lowest BCUT2D eigenvalue weighted by Crippen LogP contribution is -2.41.